The predicted molar refractivity (Wildman–Crippen MR) is 57.4 cm³/mol. The van der Waals surface area contributed by atoms with Crippen molar-refractivity contribution >= 4 is 11.8 Å². The van der Waals surface area contributed by atoms with Gasteiger partial charge in [0, 0.05) is 20.2 Å². The number of ether oxygens (including phenoxy) is 1. The average molecular weight is 216 g/mol. The van der Waals surface area contributed by atoms with E-state index in [0.717, 1.165) is 19.3 Å². The molecule has 0 atom stereocenters. The molecule has 0 saturated carbocycles. The van der Waals surface area contributed by atoms with Gasteiger partial charge in [0.25, 0.3) is 0 Å². The Morgan fingerprint density at radius 2 is 1.67 bits per heavy atom. The summed E-state index contributed by atoms with van der Waals surface area (Å²) < 4.78 is 4.74. The highest BCUT2D eigenvalue weighted by Crippen LogP contribution is 1.90. The van der Waals surface area contributed by atoms with Crippen LogP contribution in [0.15, 0.2) is 0 Å². The molecule has 0 rings (SSSR count). The molecule has 0 spiro atoms. The fraction of sp³-hybridized carbons (Fsp3) is 0.800. The van der Waals surface area contributed by atoms with Crippen molar-refractivity contribution in [1.29, 1.82) is 0 Å². The van der Waals surface area contributed by atoms with Gasteiger partial charge >= 0.3 is 11.8 Å². The van der Waals surface area contributed by atoms with Gasteiger partial charge in [-0.15, -0.1) is 0 Å². The van der Waals surface area contributed by atoms with Gasteiger partial charge in [0.1, 0.15) is 0 Å². The summed E-state index contributed by atoms with van der Waals surface area (Å²) in [5, 5.41) is 5.00. The first kappa shape index (κ1) is 13.9. The van der Waals surface area contributed by atoms with Crippen LogP contribution in [0, 0.1) is 0 Å². The normalized spacial score (nSPS) is 9.73. The first-order chi connectivity index (χ1) is 7.22. The van der Waals surface area contributed by atoms with Crippen molar-refractivity contribution in [1.82, 2.24) is 10.6 Å². The van der Waals surface area contributed by atoms with E-state index < -0.39 is 11.8 Å². The molecule has 0 aliphatic carbocycles. The molecule has 15 heavy (non-hydrogen) atoms. The van der Waals surface area contributed by atoms with E-state index in [9.17, 15) is 9.59 Å². The number of methoxy groups -OCH3 is 1. The van der Waals surface area contributed by atoms with Gasteiger partial charge in [0.2, 0.25) is 0 Å². The highest BCUT2D eigenvalue weighted by molar-refractivity contribution is 6.35. The molecule has 0 fully saturated rings. The van der Waals surface area contributed by atoms with Crippen LogP contribution in [0.1, 0.15) is 26.2 Å². The van der Waals surface area contributed by atoms with Gasteiger partial charge < -0.3 is 15.4 Å². The molecule has 2 amide bonds. The number of hydrogen-bond acceptors (Lipinski definition) is 3. The van der Waals surface area contributed by atoms with Gasteiger partial charge in [-0.05, 0) is 6.42 Å². The number of nitrogens with one attached hydrogen (secondary N) is 2. The van der Waals surface area contributed by atoms with Crippen LogP contribution in [0.2, 0.25) is 0 Å². The standard InChI is InChI=1S/C10H20N2O3/c1-3-4-5-6-11-9(13)10(14)12-7-8-15-2/h3-8H2,1-2H3,(H,11,13)(H,12,14). The highest BCUT2D eigenvalue weighted by atomic mass is 16.5. The van der Waals surface area contributed by atoms with Gasteiger partial charge in [-0.1, -0.05) is 19.8 Å². The van der Waals surface area contributed by atoms with E-state index >= 15 is 0 Å². The maximum absolute atomic E-state index is 11.1. The summed E-state index contributed by atoms with van der Waals surface area (Å²) in [6.07, 6.45) is 3.06. The Bertz CT molecular complexity index is 195. The van der Waals surface area contributed by atoms with Crippen LogP contribution in [-0.2, 0) is 14.3 Å². The molecule has 2 N–H and O–H groups in total. The van der Waals surface area contributed by atoms with Crippen LogP contribution in [-0.4, -0.2) is 38.6 Å². The lowest BCUT2D eigenvalue weighted by Gasteiger charge is -2.05. The molecule has 0 aliphatic rings. The van der Waals surface area contributed by atoms with Gasteiger partial charge in [-0.25, -0.2) is 0 Å². The molecule has 0 bridgehead atoms. The van der Waals surface area contributed by atoms with Crippen LogP contribution in [0.5, 0.6) is 0 Å². The van der Waals surface area contributed by atoms with Crippen molar-refractivity contribution < 1.29 is 14.3 Å². The van der Waals surface area contributed by atoms with Crippen LogP contribution in [0.25, 0.3) is 0 Å². The fourth-order valence-electron chi connectivity index (χ4n) is 1.00. The third-order valence-electron chi connectivity index (χ3n) is 1.86. The lowest BCUT2D eigenvalue weighted by Crippen LogP contribution is -2.41. The van der Waals surface area contributed by atoms with Crippen LogP contribution < -0.4 is 10.6 Å². The Morgan fingerprint density at radius 3 is 2.20 bits per heavy atom. The number of carbonyl (C=O) groups excluding carboxylic acids is 2. The molecule has 5 nitrogen and oxygen atoms in total. The second-order valence-corrected chi connectivity index (χ2v) is 3.21. The molecule has 88 valence electrons. The Hall–Kier alpha value is -1.10. The Labute approximate surface area is 90.6 Å². The number of hydrogen-bond donors (Lipinski definition) is 2. The zero-order valence-corrected chi connectivity index (χ0v) is 9.47. The van der Waals surface area contributed by atoms with E-state index in [1.807, 2.05) is 0 Å². The van der Waals surface area contributed by atoms with Crippen LogP contribution in [0.4, 0.5) is 0 Å². The highest BCUT2D eigenvalue weighted by Gasteiger charge is 2.10. The smallest absolute Gasteiger partial charge is 0.309 e. The third kappa shape index (κ3) is 7.93. The first-order valence-corrected chi connectivity index (χ1v) is 5.27. The second kappa shape index (κ2) is 9.45. The van der Waals surface area contributed by atoms with Crippen molar-refractivity contribution in [2.24, 2.45) is 0 Å². The van der Waals surface area contributed by atoms with Crippen LogP contribution >= 0.6 is 0 Å². The lowest BCUT2D eigenvalue weighted by atomic mass is 10.2. The Morgan fingerprint density at radius 1 is 1.07 bits per heavy atom. The summed E-state index contributed by atoms with van der Waals surface area (Å²) in [4.78, 5) is 22.2. The molecular weight excluding hydrogens is 196 g/mol. The maximum Gasteiger partial charge on any atom is 0.309 e. The molecule has 0 aromatic rings. The summed E-state index contributed by atoms with van der Waals surface area (Å²) in [5.41, 5.74) is 0. The summed E-state index contributed by atoms with van der Waals surface area (Å²) in [6, 6.07) is 0. The van der Waals surface area contributed by atoms with E-state index in [1.165, 1.54) is 7.11 Å². The molecule has 0 heterocycles. The molecule has 0 aromatic carbocycles. The van der Waals surface area contributed by atoms with Gasteiger partial charge in [0.15, 0.2) is 0 Å². The van der Waals surface area contributed by atoms with E-state index in [4.69, 9.17) is 4.74 Å². The molecule has 0 radical (unpaired) electrons. The third-order valence-corrected chi connectivity index (χ3v) is 1.86. The van der Waals surface area contributed by atoms with Gasteiger partial charge in [-0.2, -0.15) is 0 Å². The maximum atomic E-state index is 11.1. The molecule has 0 aromatic heterocycles. The molecule has 0 aliphatic heterocycles. The molecule has 5 heteroatoms. The minimum Gasteiger partial charge on any atom is -0.383 e. The predicted octanol–water partition coefficient (Wildman–Crippen LogP) is 0.0554. The van der Waals surface area contributed by atoms with Crippen molar-refractivity contribution in [2.75, 3.05) is 26.8 Å². The van der Waals surface area contributed by atoms with E-state index in [-0.39, 0.29) is 0 Å². The summed E-state index contributed by atoms with van der Waals surface area (Å²) >= 11 is 0. The number of amides is 2. The van der Waals surface area contributed by atoms with Crippen molar-refractivity contribution in [3.8, 4) is 0 Å². The first-order valence-electron chi connectivity index (χ1n) is 5.27. The topological polar surface area (TPSA) is 67.4 Å². The van der Waals surface area contributed by atoms with E-state index in [1.54, 1.807) is 0 Å². The van der Waals surface area contributed by atoms with Crippen molar-refractivity contribution in [3.63, 3.8) is 0 Å². The van der Waals surface area contributed by atoms with Crippen molar-refractivity contribution in [3.05, 3.63) is 0 Å². The van der Waals surface area contributed by atoms with Crippen molar-refractivity contribution in [2.45, 2.75) is 26.2 Å². The zero-order valence-electron chi connectivity index (χ0n) is 9.47. The quantitative estimate of drug-likeness (QED) is 0.467. The average Bonchev–Trinajstić information content (AvgIpc) is 2.24. The second-order valence-electron chi connectivity index (χ2n) is 3.21. The monoisotopic (exact) mass is 216 g/mol. The van der Waals surface area contributed by atoms with Crippen LogP contribution in [0.3, 0.4) is 0 Å². The van der Waals surface area contributed by atoms with E-state index in [0.29, 0.717) is 19.7 Å². The summed E-state index contributed by atoms with van der Waals surface area (Å²) in [6.45, 7) is 3.41. The minimum absolute atomic E-state index is 0.359. The zero-order chi connectivity index (χ0) is 11.5. The summed E-state index contributed by atoms with van der Waals surface area (Å²) in [5.74, 6) is -1.16. The van der Waals surface area contributed by atoms with E-state index in [2.05, 4.69) is 17.6 Å². The lowest BCUT2D eigenvalue weighted by molar-refractivity contribution is -0.139. The Kier molecular flexibility index (Phi) is 8.76. The largest absolute Gasteiger partial charge is 0.383 e. The minimum atomic E-state index is -0.594. The Balaban J connectivity index is 3.47. The molecule has 0 unspecified atom stereocenters. The van der Waals surface area contributed by atoms with Gasteiger partial charge in [0.05, 0.1) is 6.61 Å². The number of carbonyl (C=O) groups is 2. The fourth-order valence-corrected chi connectivity index (χ4v) is 1.00. The number of unbranched alkanes of at least 4 members (excludes halogenated alkanes) is 2. The summed E-state index contributed by atoms with van der Waals surface area (Å²) in [7, 11) is 1.54. The SMILES string of the molecule is CCCCCNC(=O)C(=O)NCCOC. The number of rotatable bonds is 7. The van der Waals surface area contributed by atoms with Gasteiger partial charge in [-0.3, -0.25) is 9.59 Å². The molecule has 0 saturated heterocycles. The molecular formula is C10H20N2O3.